The molecule has 0 aliphatic heterocycles. The Morgan fingerprint density at radius 2 is 1.71 bits per heavy atom. The van der Waals surface area contributed by atoms with Crippen LogP contribution in [0.1, 0.15) is 37.3 Å². The standard InChI is InChI=1S/C15H20BrN/c1-17-15(10-6-8-11(16)9-7-10)14-12-4-2-3-5-13(12)14/h6-9,12-15,17H,2-5H2,1H3. The van der Waals surface area contributed by atoms with E-state index in [1.807, 2.05) is 0 Å². The van der Waals surface area contributed by atoms with Gasteiger partial charge in [-0.25, -0.2) is 0 Å². The number of fused-ring (bicyclic) bond motifs is 1. The van der Waals surface area contributed by atoms with Crippen molar-refractivity contribution in [2.75, 3.05) is 7.05 Å². The number of hydrogen-bond acceptors (Lipinski definition) is 1. The van der Waals surface area contributed by atoms with Gasteiger partial charge in [-0.3, -0.25) is 0 Å². The van der Waals surface area contributed by atoms with E-state index in [1.165, 1.54) is 35.7 Å². The fraction of sp³-hybridized carbons (Fsp3) is 0.600. The maximum Gasteiger partial charge on any atom is 0.0351 e. The minimum Gasteiger partial charge on any atom is -0.313 e. The van der Waals surface area contributed by atoms with E-state index in [0.717, 1.165) is 17.8 Å². The summed E-state index contributed by atoms with van der Waals surface area (Å²) in [5.41, 5.74) is 1.45. The Bertz CT molecular complexity index is 374. The lowest BCUT2D eigenvalue weighted by molar-refractivity contribution is 0.480. The zero-order valence-corrected chi connectivity index (χ0v) is 11.9. The van der Waals surface area contributed by atoms with Crippen molar-refractivity contribution in [3.63, 3.8) is 0 Å². The summed E-state index contributed by atoms with van der Waals surface area (Å²) in [7, 11) is 2.11. The third-order valence-corrected chi connectivity index (χ3v) is 5.18. The van der Waals surface area contributed by atoms with Gasteiger partial charge in [0, 0.05) is 10.5 Å². The number of rotatable bonds is 3. The molecule has 0 bridgehead atoms. The molecule has 3 rings (SSSR count). The van der Waals surface area contributed by atoms with Crippen LogP contribution in [-0.2, 0) is 0 Å². The largest absolute Gasteiger partial charge is 0.313 e. The van der Waals surface area contributed by atoms with E-state index in [4.69, 9.17) is 0 Å². The second-order valence-electron chi connectivity index (χ2n) is 5.51. The SMILES string of the molecule is CNC(c1ccc(Br)cc1)C1C2CCCCC21. The first-order chi connectivity index (χ1) is 8.31. The fourth-order valence-electron chi connectivity index (χ4n) is 3.79. The van der Waals surface area contributed by atoms with E-state index < -0.39 is 0 Å². The first-order valence-corrected chi connectivity index (χ1v) is 7.53. The first kappa shape index (κ1) is 11.7. The van der Waals surface area contributed by atoms with Crippen molar-refractivity contribution in [2.24, 2.45) is 17.8 Å². The Balaban J connectivity index is 1.78. The Morgan fingerprint density at radius 1 is 1.12 bits per heavy atom. The summed E-state index contributed by atoms with van der Waals surface area (Å²) in [6.07, 6.45) is 5.83. The summed E-state index contributed by atoms with van der Waals surface area (Å²) in [6.45, 7) is 0. The minimum absolute atomic E-state index is 0.566. The molecule has 0 spiro atoms. The fourth-order valence-corrected chi connectivity index (χ4v) is 4.06. The molecule has 92 valence electrons. The van der Waals surface area contributed by atoms with E-state index in [1.54, 1.807) is 0 Å². The predicted molar refractivity (Wildman–Crippen MR) is 74.9 cm³/mol. The third-order valence-electron chi connectivity index (χ3n) is 4.65. The first-order valence-electron chi connectivity index (χ1n) is 6.74. The zero-order valence-electron chi connectivity index (χ0n) is 10.3. The molecule has 0 radical (unpaired) electrons. The van der Waals surface area contributed by atoms with Crippen molar-refractivity contribution in [2.45, 2.75) is 31.7 Å². The number of benzene rings is 1. The molecular weight excluding hydrogens is 274 g/mol. The number of hydrogen-bond donors (Lipinski definition) is 1. The molecule has 2 fully saturated rings. The van der Waals surface area contributed by atoms with Crippen LogP contribution in [-0.4, -0.2) is 7.05 Å². The van der Waals surface area contributed by atoms with E-state index in [-0.39, 0.29) is 0 Å². The van der Waals surface area contributed by atoms with Gasteiger partial charge in [0.05, 0.1) is 0 Å². The van der Waals surface area contributed by atoms with Gasteiger partial charge in [0.1, 0.15) is 0 Å². The van der Waals surface area contributed by atoms with E-state index in [2.05, 4.69) is 52.6 Å². The average Bonchev–Trinajstić information content (AvgIpc) is 3.07. The molecule has 0 aromatic heterocycles. The van der Waals surface area contributed by atoms with Crippen LogP contribution in [0.2, 0.25) is 0 Å². The molecular formula is C15H20BrN. The molecule has 2 aliphatic rings. The highest BCUT2D eigenvalue weighted by molar-refractivity contribution is 9.10. The van der Waals surface area contributed by atoms with Crippen LogP contribution in [0, 0.1) is 17.8 Å². The highest BCUT2D eigenvalue weighted by atomic mass is 79.9. The summed E-state index contributed by atoms with van der Waals surface area (Å²) in [4.78, 5) is 0. The topological polar surface area (TPSA) is 12.0 Å². The molecule has 0 heterocycles. The van der Waals surface area contributed by atoms with Crippen molar-refractivity contribution in [3.05, 3.63) is 34.3 Å². The Labute approximate surface area is 112 Å². The van der Waals surface area contributed by atoms with Crippen LogP contribution >= 0.6 is 15.9 Å². The molecule has 1 N–H and O–H groups in total. The van der Waals surface area contributed by atoms with Gasteiger partial charge >= 0.3 is 0 Å². The second kappa shape index (κ2) is 4.74. The van der Waals surface area contributed by atoms with Crippen LogP contribution in [0.5, 0.6) is 0 Å². The van der Waals surface area contributed by atoms with Crippen LogP contribution in [0.4, 0.5) is 0 Å². The molecule has 0 amide bonds. The van der Waals surface area contributed by atoms with E-state index >= 15 is 0 Å². The van der Waals surface area contributed by atoms with Gasteiger partial charge in [-0.05, 0) is 55.3 Å². The third kappa shape index (κ3) is 2.17. The van der Waals surface area contributed by atoms with Crippen LogP contribution in [0.25, 0.3) is 0 Å². The summed E-state index contributed by atoms with van der Waals surface area (Å²) in [5.74, 6) is 2.90. The van der Waals surface area contributed by atoms with Crippen molar-refractivity contribution in [1.82, 2.24) is 5.32 Å². The maximum atomic E-state index is 3.54. The van der Waals surface area contributed by atoms with Gasteiger partial charge in [0.2, 0.25) is 0 Å². The average molecular weight is 294 g/mol. The molecule has 3 unspecified atom stereocenters. The lowest BCUT2D eigenvalue weighted by atomic mass is 10.0. The van der Waals surface area contributed by atoms with Crippen LogP contribution < -0.4 is 5.32 Å². The molecule has 3 atom stereocenters. The summed E-state index contributed by atoms with van der Waals surface area (Å²) in [6, 6.07) is 9.40. The van der Waals surface area contributed by atoms with Crippen LogP contribution in [0.15, 0.2) is 28.7 Å². The van der Waals surface area contributed by atoms with Gasteiger partial charge in [-0.1, -0.05) is 40.9 Å². The van der Waals surface area contributed by atoms with Gasteiger partial charge < -0.3 is 5.32 Å². The minimum atomic E-state index is 0.566. The van der Waals surface area contributed by atoms with Gasteiger partial charge in [0.15, 0.2) is 0 Å². The smallest absolute Gasteiger partial charge is 0.0351 e. The quantitative estimate of drug-likeness (QED) is 0.883. The molecule has 2 heteroatoms. The molecule has 1 aromatic rings. The molecule has 17 heavy (non-hydrogen) atoms. The lowest BCUT2D eigenvalue weighted by Gasteiger charge is -2.17. The van der Waals surface area contributed by atoms with E-state index in [9.17, 15) is 0 Å². The summed E-state index contributed by atoms with van der Waals surface area (Å²) < 4.78 is 1.17. The van der Waals surface area contributed by atoms with Crippen LogP contribution in [0.3, 0.4) is 0 Å². The summed E-state index contributed by atoms with van der Waals surface area (Å²) in [5, 5.41) is 3.54. The molecule has 1 nitrogen and oxygen atoms in total. The molecule has 2 saturated carbocycles. The second-order valence-corrected chi connectivity index (χ2v) is 6.42. The Kier molecular flexibility index (Phi) is 3.27. The van der Waals surface area contributed by atoms with Gasteiger partial charge in [-0.15, -0.1) is 0 Å². The summed E-state index contributed by atoms with van der Waals surface area (Å²) >= 11 is 3.51. The number of halogens is 1. The molecule has 2 aliphatic carbocycles. The maximum absolute atomic E-state index is 3.54. The molecule has 1 aromatic carbocycles. The normalized spacial score (nSPS) is 32.9. The highest BCUT2D eigenvalue weighted by Crippen LogP contribution is 2.60. The monoisotopic (exact) mass is 293 g/mol. The van der Waals surface area contributed by atoms with Crippen molar-refractivity contribution >= 4 is 15.9 Å². The molecule has 0 saturated heterocycles. The lowest BCUT2D eigenvalue weighted by Crippen LogP contribution is -2.19. The Morgan fingerprint density at radius 3 is 2.24 bits per heavy atom. The van der Waals surface area contributed by atoms with Gasteiger partial charge in [0.25, 0.3) is 0 Å². The number of nitrogens with one attached hydrogen (secondary N) is 1. The highest BCUT2D eigenvalue weighted by Gasteiger charge is 2.53. The zero-order chi connectivity index (χ0) is 11.8. The van der Waals surface area contributed by atoms with Crippen molar-refractivity contribution in [1.29, 1.82) is 0 Å². The van der Waals surface area contributed by atoms with E-state index in [0.29, 0.717) is 6.04 Å². The Hall–Kier alpha value is -0.340. The van der Waals surface area contributed by atoms with Crippen molar-refractivity contribution in [3.8, 4) is 0 Å². The van der Waals surface area contributed by atoms with Crippen molar-refractivity contribution < 1.29 is 0 Å². The van der Waals surface area contributed by atoms with Gasteiger partial charge in [-0.2, -0.15) is 0 Å². The predicted octanol–water partition coefficient (Wildman–Crippen LogP) is 4.15.